The lowest BCUT2D eigenvalue weighted by Gasteiger charge is -2.33. The van der Waals surface area contributed by atoms with Crippen molar-refractivity contribution in [2.24, 2.45) is 0 Å². The predicted octanol–water partition coefficient (Wildman–Crippen LogP) is 2.61. The Morgan fingerprint density at radius 1 is 1.54 bits per heavy atom. The summed E-state index contributed by atoms with van der Waals surface area (Å²) in [5, 5.41) is 8.98. The highest BCUT2D eigenvalue weighted by molar-refractivity contribution is 6.73. The molecular formula is C10H20N2Si. The van der Waals surface area contributed by atoms with Crippen molar-refractivity contribution in [1.82, 2.24) is 4.57 Å². The van der Waals surface area contributed by atoms with Gasteiger partial charge < -0.3 is 4.57 Å². The van der Waals surface area contributed by atoms with Crippen LogP contribution in [0.3, 0.4) is 0 Å². The fourth-order valence-electron chi connectivity index (χ4n) is 1.09. The smallest absolute Gasteiger partial charge is 0.120 e. The van der Waals surface area contributed by atoms with Crippen molar-refractivity contribution >= 4 is 8.24 Å². The number of rotatable bonds is 5. The van der Waals surface area contributed by atoms with Crippen molar-refractivity contribution in [3.05, 3.63) is 12.7 Å². The van der Waals surface area contributed by atoms with Crippen LogP contribution in [0.15, 0.2) is 12.7 Å². The molecule has 0 N–H and O–H groups in total. The molecule has 0 saturated carbocycles. The van der Waals surface area contributed by atoms with Crippen molar-refractivity contribution in [2.75, 3.05) is 7.05 Å². The molecular weight excluding hydrogens is 176 g/mol. The minimum absolute atomic E-state index is 0.0599. The van der Waals surface area contributed by atoms with Crippen molar-refractivity contribution in [2.45, 2.75) is 38.5 Å². The first-order valence-corrected chi connectivity index (χ1v) is 8.11. The van der Waals surface area contributed by atoms with E-state index in [-0.39, 0.29) is 6.04 Å². The summed E-state index contributed by atoms with van der Waals surface area (Å²) >= 11 is 0. The molecule has 13 heavy (non-hydrogen) atoms. The topological polar surface area (TPSA) is 27.0 Å². The largest absolute Gasteiger partial charge is 0.312 e. The van der Waals surface area contributed by atoms with E-state index in [2.05, 4.69) is 43.9 Å². The first-order chi connectivity index (χ1) is 5.93. The first kappa shape index (κ1) is 12.4. The first-order valence-electron chi connectivity index (χ1n) is 4.67. The fourth-order valence-corrected chi connectivity index (χ4v) is 2.21. The highest BCUT2D eigenvalue weighted by atomic mass is 28.3. The summed E-state index contributed by atoms with van der Waals surface area (Å²) in [5.41, 5.74) is 0. The normalized spacial score (nSPS) is 13.8. The van der Waals surface area contributed by atoms with E-state index in [4.69, 9.17) is 5.26 Å². The van der Waals surface area contributed by atoms with Crippen LogP contribution in [0.1, 0.15) is 12.8 Å². The lowest BCUT2D eigenvalue weighted by molar-refractivity contribution is 0.418. The van der Waals surface area contributed by atoms with Gasteiger partial charge >= 0.3 is 0 Å². The molecule has 0 aromatic heterocycles. The van der Waals surface area contributed by atoms with Crippen LogP contribution in [-0.4, -0.2) is 25.9 Å². The van der Waals surface area contributed by atoms with Gasteiger partial charge in [-0.2, -0.15) is 5.26 Å². The highest BCUT2D eigenvalue weighted by Crippen LogP contribution is 2.14. The quantitative estimate of drug-likeness (QED) is 0.499. The lowest BCUT2D eigenvalue weighted by atomic mass is 10.2. The zero-order valence-corrected chi connectivity index (χ0v) is 10.2. The maximum absolute atomic E-state index is 8.98. The molecule has 2 nitrogen and oxygen atoms in total. The van der Waals surface area contributed by atoms with Gasteiger partial charge in [0.1, 0.15) is 8.24 Å². The van der Waals surface area contributed by atoms with Gasteiger partial charge in [0.05, 0.1) is 12.1 Å². The van der Waals surface area contributed by atoms with Crippen LogP contribution in [0.4, 0.5) is 0 Å². The number of hydrogen-bond donors (Lipinski definition) is 0. The third-order valence-electron chi connectivity index (χ3n) is 2.32. The van der Waals surface area contributed by atoms with Crippen molar-refractivity contribution in [1.29, 1.82) is 5.26 Å². The summed E-state index contributed by atoms with van der Waals surface area (Å²) < 4.78 is 2.25. The number of allylic oxidation sites excluding steroid dienone is 1. The molecule has 1 unspecified atom stereocenters. The molecule has 0 amide bonds. The van der Waals surface area contributed by atoms with Gasteiger partial charge in [-0.1, -0.05) is 25.7 Å². The summed E-state index contributed by atoms with van der Waals surface area (Å²) in [6, 6.07) is 2.42. The van der Waals surface area contributed by atoms with Gasteiger partial charge in [-0.05, 0) is 19.9 Å². The number of hydrogen-bond acceptors (Lipinski definition) is 2. The van der Waals surface area contributed by atoms with Gasteiger partial charge in [0.15, 0.2) is 0 Å². The molecule has 0 aliphatic rings. The third-order valence-corrected chi connectivity index (χ3v) is 4.75. The van der Waals surface area contributed by atoms with Gasteiger partial charge in [0.2, 0.25) is 0 Å². The maximum Gasteiger partial charge on any atom is 0.120 e. The van der Waals surface area contributed by atoms with E-state index in [1.54, 1.807) is 0 Å². The molecule has 0 bridgehead atoms. The molecule has 0 aromatic carbocycles. The Morgan fingerprint density at radius 2 is 2.08 bits per heavy atom. The second-order valence-corrected chi connectivity index (χ2v) is 9.34. The third kappa shape index (κ3) is 4.25. The van der Waals surface area contributed by atoms with E-state index in [1.165, 1.54) is 0 Å². The van der Waals surface area contributed by atoms with Crippen LogP contribution in [0.5, 0.6) is 0 Å². The SMILES string of the molecule is C=CCCC(C#N)N(C)[Si](C)(C)C. The minimum Gasteiger partial charge on any atom is -0.312 e. The van der Waals surface area contributed by atoms with Crippen molar-refractivity contribution in [3.63, 3.8) is 0 Å². The highest BCUT2D eigenvalue weighted by Gasteiger charge is 2.26. The molecule has 0 aliphatic heterocycles. The minimum atomic E-state index is -1.32. The van der Waals surface area contributed by atoms with E-state index < -0.39 is 8.24 Å². The second-order valence-electron chi connectivity index (χ2n) is 4.29. The van der Waals surface area contributed by atoms with Crippen LogP contribution >= 0.6 is 0 Å². The molecule has 3 heteroatoms. The Bertz CT molecular complexity index is 200. The van der Waals surface area contributed by atoms with E-state index >= 15 is 0 Å². The monoisotopic (exact) mass is 196 g/mol. The molecule has 0 radical (unpaired) electrons. The Labute approximate surface area is 82.9 Å². The summed E-state index contributed by atoms with van der Waals surface area (Å²) in [6.45, 7) is 10.4. The van der Waals surface area contributed by atoms with Gasteiger partial charge in [-0.25, -0.2) is 0 Å². The van der Waals surface area contributed by atoms with E-state index in [0.29, 0.717) is 0 Å². The Morgan fingerprint density at radius 3 is 2.38 bits per heavy atom. The molecule has 0 aliphatic carbocycles. The van der Waals surface area contributed by atoms with Crippen molar-refractivity contribution in [3.8, 4) is 6.07 Å². The maximum atomic E-state index is 8.98. The van der Waals surface area contributed by atoms with Gasteiger partial charge in [-0.15, -0.1) is 6.58 Å². The molecule has 0 rings (SSSR count). The zero-order valence-electron chi connectivity index (χ0n) is 9.17. The molecule has 0 aromatic rings. The molecule has 74 valence electrons. The van der Waals surface area contributed by atoms with E-state index in [9.17, 15) is 0 Å². The summed E-state index contributed by atoms with van der Waals surface area (Å²) in [5.74, 6) is 0. The molecule has 0 spiro atoms. The van der Waals surface area contributed by atoms with E-state index in [1.807, 2.05) is 6.08 Å². The van der Waals surface area contributed by atoms with Crippen LogP contribution in [-0.2, 0) is 0 Å². The Hall–Kier alpha value is -0.593. The average Bonchev–Trinajstić information content (AvgIpc) is 2.04. The van der Waals surface area contributed by atoms with Crippen LogP contribution in [0, 0.1) is 11.3 Å². The number of nitrogens with zero attached hydrogens (tertiary/aromatic N) is 2. The average molecular weight is 196 g/mol. The molecule has 1 atom stereocenters. The second kappa shape index (κ2) is 5.20. The summed E-state index contributed by atoms with van der Waals surface area (Å²) in [6.07, 6.45) is 3.70. The lowest BCUT2D eigenvalue weighted by Crippen LogP contribution is -2.48. The zero-order chi connectivity index (χ0) is 10.5. The standard InChI is InChI=1S/C10H20N2Si/c1-6-7-8-10(9-11)12(2)13(3,4)5/h6,10H,1,7-8H2,2-5H3. The van der Waals surface area contributed by atoms with Gasteiger partial charge in [0.25, 0.3) is 0 Å². The van der Waals surface area contributed by atoms with Crippen LogP contribution < -0.4 is 0 Å². The Balaban J connectivity index is 4.25. The van der Waals surface area contributed by atoms with Crippen molar-refractivity contribution < 1.29 is 0 Å². The molecule has 0 saturated heterocycles. The van der Waals surface area contributed by atoms with Crippen LogP contribution in [0.2, 0.25) is 19.6 Å². The van der Waals surface area contributed by atoms with Gasteiger partial charge in [-0.3, -0.25) is 0 Å². The molecule has 0 heterocycles. The summed E-state index contributed by atoms with van der Waals surface area (Å²) in [7, 11) is 0.741. The molecule has 0 fully saturated rings. The number of nitriles is 1. The predicted molar refractivity (Wildman–Crippen MR) is 59.9 cm³/mol. The van der Waals surface area contributed by atoms with E-state index in [0.717, 1.165) is 12.8 Å². The fraction of sp³-hybridized carbons (Fsp3) is 0.700. The van der Waals surface area contributed by atoms with Gasteiger partial charge in [0, 0.05) is 0 Å². The summed E-state index contributed by atoms with van der Waals surface area (Å²) in [4.78, 5) is 0. The Kier molecular flexibility index (Phi) is 4.97. The van der Waals surface area contributed by atoms with Crippen LogP contribution in [0.25, 0.3) is 0 Å².